The van der Waals surface area contributed by atoms with E-state index >= 15 is 0 Å². The number of aryl methyl sites for hydroxylation is 2. The Bertz CT molecular complexity index is 1160. The number of aromatic nitrogens is 2. The van der Waals surface area contributed by atoms with Crippen molar-refractivity contribution in [2.45, 2.75) is 78.6 Å². The summed E-state index contributed by atoms with van der Waals surface area (Å²) >= 11 is 6.00. The lowest BCUT2D eigenvalue weighted by Gasteiger charge is -2.33. The van der Waals surface area contributed by atoms with Crippen LogP contribution in [-0.4, -0.2) is 39.2 Å². The van der Waals surface area contributed by atoms with Crippen LogP contribution in [0.15, 0.2) is 42.5 Å². The van der Waals surface area contributed by atoms with Gasteiger partial charge < -0.3 is 18.9 Å². The Kier molecular flexibility index (Phi) is 8.45. The number of amides is 1. The van der Waals surface area contributed by atoms with Crippen molar-refractivity contribution in [2.24, 2.45) is 5.92 Å². The molecule has 7 heteroatoms. The minimum Gasteiger partial charge on any atom is -0.486 e. The van der Waals surface area contributed by atoms with Crippen molar-refractivity contribution >= 4 is 28.7 Å². The first-order valence-electron chi connectivity index (χ1n) is 13.0. The summed E-state index contributed by atoms with van der Waals surface area (Å²) in [5, 5.41) is 0.695. The third kappa shape index (κ3) is 6.94. The molecule has 3 aromatic rings. The van der Waals surface area contributed by atoms with Crippen molar-refractivity contribution in [3.63, 3.8) is 0 Å². The van der Waals surface area contributed by atoms with Gasteiger partial charge in [0.1, 0.15) is 23.8 Å². The van der Waals surface area contributed by atoms with Crippen molar-refractivity contribution in [1.82, 2.24) is 14.5 Å². The maximum atomic E-state index is 12.3. The van der Waals surface area contributed by atoms with Gasteiger partial charge >= 0.3 is 6.09 Å². The molecule has 1 aromatic heterocycles. The maximum Gasteiger partial charge on any atom is 0.410 e. The number of piperidine rings is 1. The standard InChI is InChI=1S/C29H38ClN3O3/c1-21-8-7-10-25-27(21)31-26(20-35-24-13-11-23(30)12-14-24)33(25)17-6-5-9-22-15-18-32(19-16-22)28(34)36-29(2,3)4/h7-8,10-14,22H,5-6,9,15-20H2,1-4H3. The molecule has 0 spiro atoms. The van der Waals surface area contributed by atoms with Crippen LogP contribution in [0.2, 0.25) is 5.02 Å². The molecule has 0 unspecified atom stereocenters. The van der Waals surface area contributed by atoms with Gasteiger partial charge in [0.25, 0.3) is 0 Å². The average Bonchev–Trinajstić information content (AvgIpc) is 3.19. The third-order valence-electron chi connectivity index (χ3n) is 6.75. The number of likely N-dealkylation sites (tertiary alicyclic amines) is 1. The molecule has 0 N–H and O–H groups in total. The second-order valence-electron chi connectivity index (χ2n) is 10.8. The third-order valence-corrected chi connectivity index (χ3v) is 7.00. The number of ether oxygens (including phenoxy) is 2. The fraction of sp³-hybridized carbons (Fsp3) is 0.517. The minimum absolute atomic E-state index is 0.184. The van der Waals surface area contributed by atoms with Gasteiger partial charge in [0, 0.05) is 24.7 Å². The largest absolute Gasteiger partial charge is 0.486 e. The van der Waals surface area contributed by atoms with Crippen LogP contribution in [0.3, 0.4) is 0 Å². The summed E-state index contributed by atoms with van der Waals surface area (Å²) in [5.74, 6) is 2.39. The SMILES string of the molecule is Cc1cccc2c1nc(COc1ccc(Cl)cc1)n2CCCCC1CCN(C(=O)OC(C)(C)C)CC1. The summed E-state index contributed by atoms with van der Waals surface area (Å²) in [5.41, 5.74) is 2.94. The fourth-order valence-electron chi connectivity index (χ4n) is 4.81. The first-order valence-corrected chi connectivity index (χ1v) is 13.4. The van der Waals surface area contributed by atoms with E-state index in [0.717, 1.165) is 67.9 Å². The normalized spacial score (nSPS) is 14.9. The van der Waals surface area contributed by atoms with E-state index < -0.39 is 5.60 Å². The van der Waals surface area contributed by atoms with Crippen molar-refractivity contribution in [2.75, 3.05) is 13.1 Å². The number of rotatable bonds is 8. The lowest BCUT2D eigenvalue weighted by Crippen LogP contribution is -2.41. The fourth-order valence-corrected chi connectivity index (χ4v) is 4.93. The van der Waals surface area contributed by atoms with Crippen molar-refractivity contribution < 1.29 is 14.3 Å². The molecule has 1 amide bonds. The topological polar surface area (TPSA) is 56.6 Å². The molecule has 1 fully saturated rings. The zero-order valence-electron chi connectivity index (χ0n) is 21.9. The lowest BCUT2D eigenvalue weighted by molar-refractivity contribution is 0.0180. The number of benzene rings is 2. The van der Waals surface area contributed by atoms with Gasteiger partial charge in [-0.05, 0) is 88.8 Å². The second-order valence-corrected chi connectivity index (χ2v) is 11.2. The molecule has 4 rings (SSSR count). The van der Waals surface area contributed by atoms with Crippen LogP contribution >= 0.6 is 11.6 Å². The molecule has 194 valence electrons. The number of imidazole rings is 1. The van der Waals surface area contributed by atoms with Crippen LogP contribution < -0.4 is 4.74 Å². The number of hydrogen-bond donors (Lipinski definition) is 0. The van der Waals surface area contributed by atoms with E-state index in [1.165, 1.54) is 12.0 Å². The quantitative estimate of drug-likeness (QED) is 0.296. The van der Waals surface area contributed by atoms with Crippen molar-refractivity contribution in [3.8, 4) is 5.75 Å². The van der Waals surface area contributed by atoms with Crippen molar-refractivity contribution in [1.29, 1.82) is 0 Å². The second kappa shape index (κ2) is 11.5. The molecule has 1 aliphatic rings. The Labute approximate surface area is 219 Å². The Hall–Kier alpha value is -2.73. The monoisotopic (exact) mass is 511 g/mol. The summed E-state index contributed by atoms with van der Waals surface area (Å²) in [6.45, 7) is 10.8. The van der Waals surface area contributed by atoms with E-state index in [9.17, 15) is 4.79 Å². The van der Waals surface area contributed by atoms with E-state index in [-0.39, 0.29) is 6.09 Å². The predicted molar refractivity (Wildman–Crippen MR) is 145 cm³/mol. The molecular formula is C29H38ClN3O3. The summed E-state index contributed by atoms with van der Waals surface area (Å²) in [6, 6.07) is 13.8. The van der Waals surface area contributed by atoms with E-state index in [4.69, 9.17) is 26.1 Å². The predicted octanol–water partition coefficient (Wildman–Crippen LogP) is 7.39. The number of carbonyl (C=O) groups excluding carboxylic acids is 1. The molecule has 1 saturated heterocycles. The van der Waals surface area contributed by atoms with Crippen LogP contribution in [0.5, 0.6) is 5.75 Å². The smallest absolute Gasteiger partial charge is 0.410 e. The molecule has 0 radical (unpaired) electrons. The van der Waals surface area contributed by atoms with E-state index in [1.807, 2.05) is 49.9 Å². The molecule has 36 heavy (non-hydrogen) atoms. The van der Waals surface area contributed by atoms with E-state index in [2.05, 4.69) is 29.7 Å². The van der Waals surface area contributed by atoms with Crippen LogP contribution in [0.1, 0.15) is 64.3 Å². The molecule has 0 atom stereocenters. The number of halogens is 1. The average molecular weight is 512 g/mol. The van der Waals surface area contributed by atoms with Crippen LogP contribution in [-0.2, 0) is 17.9 Å². The zero-order chi connectivity index (χ0) is 25.7. The zero-order valence-corrected chi connectivity index (χ0v) is 22.7. The highest BCUT2D eigenvalue weighted by Crippen LogP contribution is 2.26. The molecule has 0 aliphatic carbocycles. The number of para-hydroxylation sites is 1. The molecule has 0 saturated carbocycles. The Balaban J connectivity index is 1.30. The van der Waals surface area contributed by atoms with Gasteiger partial charge in [-0.3, -0.25) is 0 Å². The van der Waals surface area contributed by atoms with Gasteiger partial charge in [0.15, 0.2) is 0 Å². The highest BCUT2D eigenvalue weighted by Gasteiger charge is 2.26. The highest BCUT2D eigenvalue weighted by atomic mass is 35.5. The van der Waals surface area contributed by atoms with E-state index in [0.29, 0.717) is 17.5 Å². The van der Waals surface area contributed by atoms with Gasteiger partial charge in [0.2, 0.25) is 0 Å². The number of unbranched alkanes of at least 4 members (excludes halogenated alkanes) is 1. The van der Waals surface area contributed by atoms with Crippen molar-refractivity contribution in [3.05, 3.63) is 58.9 Å². The highest BCUT2D eigenvalue weighted by molar-refractivity contribution is 6.30. The first kappa shape index (κ1) is 26.3. The molecule has 2 heterocycles. The summed E-state index contributed by atoms with van der Waals surface area (Å²) < 4.78 is 13.9. The Morgan fingerprint density at radius 3 is 2.50 bits per heavy atom. The van der Waals surface area contributed by atoms with E-state index in [1.54, 1.807) is 0 Å². The number of hydrogen-bond acceptors (Lipinski definition) is 4. The number of fused-ring (bicyclic) bond motifs is 1. The van der Waals surface area contributed by atoms with Crippen LogP contribution in [0.4, 0.5) is 4.79 Å². The van der Waals surface area contributed by atoms with Gasteiger partial charge in [-0.15, -0.1) is 0 Å². The molecule has 2 aromatic carbocycles. The summed E-state index contributed by atoms with van der Waals surface area (Å²) in [4.78, 5) is 19.1. The van der Waals surface area contributed by atoms with Gasteiger partial charge in [0.05, 0.1) is 11.0 Å². The van der Waals surface area contributed by atoms with Gasteiger partial charge in [-0.25, -0.2) is 9.78 Å². The lowest BCUT2D eigenvalue weighted by atomic mass is 9.92. The van der Waals surface area contributed by atoms with Crippen LogP contribution in [0, 0.1) is 12.8 Å². The van der Waals surface area contributed by atoms with Gasteiger partial charge in [-0.1, -0.05) is 36.6 Å². The molecule has 6 nitrogen and oxygen atoms in total. The number of nitrogens with zero attached hydrogens (tertiary/aromatic N) is 3. The first-order chi connectivity index (χ1) is 17.2. The summed E-state index contributed by atoms with van der Waals surface area (Å²) in [6.07, 6.45) is 5.33. The Morgan fingerprint density at radius 1 is 1.08 bits per heavy atom. The number of carbonyl (C=O) groups is 1. The van der Waals surface area contributed by atoms with Gasteiger partial charge in [-0.2, -0.15) is 0 Å². The van der Waals surface area contributed by atoms with Crippen LogP contribution in [0.25, 0.3) is 11.0 Å². The summed E-state index contributed by atoms with van der Waals surface area (Å²) in [7, 11) is 0. The Morgan fingerprint density at radius 2 is 1.81 bits per heavy atom. The molecule has 1 aliphatic heterocycles. The minimum atomic E-state index is -0.442. The molecule has 0 bridgehead atoms. The molecular weight excluding hydrogens is 474 g/mol. The maximum absolute atomic E-state index is 12.3.